The lowest BCUT2D eigenvalue weighted by atomic mass is 9.82. The minimum absolute atomic E-state index is 0.200. The first-order chi connectivity index (χ1) is 17.9. The zero-order valence-corrected chi connectivity index (χ0v) is 21.0. The molecule has 0 atom stereocenters. The van der Waals surface area contributed by atoms with E-state index in [1.54, 1.807) is 12.1 Å². The highest BCUT2D eigenvalue weighted by Crippen LogP contribution is 2.35. The number of fused-ring (bicyclic) bond motifs is 1. The molecule has 0 radical (unpaired) electrons. The Bertz CT molecular complexity index is 1370. The molecule has 1 amide bonds. The van der Waals surface area contributed by atoms with E-state index < -0.39 is 12.0 Å². The Kier molecular flexibility index (Phi) is 7.26. The van der Waals surface area contributed by atoms with Gasteiger partial charge in [0.2, 0.25) is 5.95 Å². The molecule has 1 aliphatic carbocycles. The van der Waals surface area contributed by atoms with Crippen molar-refractivity contribution in [3.05, 3.63) is 40.5 Å². The topological polar surface area (TPSA) is 131 Å². The molecule has 1 saturated heterocycles. The average Bonchev–Trinajstić information content (AvgIpc) is 3.27. The van der Waals surface area contributed by atoms with Crippen LogP contribution in [0.25, 0.3) is 27.8 Å². The van der Waals surface area contributed by atoms with E-state index in [0.717, 1.165) is 31.6 Å². The van der Waals surface area contributed by atoms with Crippen molar-refractivity contribution in [3.8, 4) is 23.6 Å². The largest absolute Gasteiger partial charge is 0.767 e. The molecule has 1 saturated carbocycles. The highest BCUT2D eigenvalue weighted by atomic mass is 35.5. The van der Waals surface area contributed by atoms with Crippen molar-refractivity contribution in [3.63, 3.8) is 0 Å². The highest BCUT2D eigenvalue weighted by Gasteiger charge is 2.28. The van der Waals surface area contributed by atoms with Crippen LogP contribution in [0.3, 0.4) is 0 Å². The number of halogens is 1. The van der Waals surface area contributed by atoms with E-state index in [1.165, 1.54) is 0 Å². The molecule has 0 spiro atoms. The van der Waals surface area contributed by atoms with Crippen LogP contribution in [-0.4, -0.2) is 57.8 Å². The third kappa shape index (κ3) is 5.38. The van der Waals surface area contributed by atoms with Crippen LogP contribution in [0.2, 0.25) is 5.02 Å². The van der Waals surface area contributed by atoms with Crippen LogP contribution in [-0.2, 0) is 16.0 Å². The van der Waals surface area contributed by atoms with Gasteiger partial charge in [0, 0.05) is 36.1 Å². The molecule has 37 heavy (non-hydrogen) atoms. The molecular weight excluding hydrogens is 494 g/mol. The average molecular weight is 521 g/mol. The summed E-state index contributed by atoms with van der Waals surface area (Å²) in [5, 5.41) is 10.9. The Morgan fingerprint density at radius 3 is 2.65 bits per heavy atom. The number of imidazole rings is 1. The lowest BCUT2D eigenvalue weighted by Gasteiger charge is -2.31. The summed E-state index contributed by atoms with van der Waals surface area (Å²) in [6.45, 7) is 3.26. The van der Waals surface area contributed by atoms with Crippen LogP contribution in [0.4, 0.5) is 10.7 Å². The Morgan fingerprint density at radius 2 is 1.97 bits per heavy atom. The zero-order chi connectivity index (χ0) is 25.9. The number of rotatable bonds is 5. The summed E-state index contributed by atoms with van der Waals surface area (Å²) in [4.78, 5) is 27.4. The molecule has 0 unspecified atom stereocenters. The van der Waals surface area contributed by atoms with Crippen molar-refractivity contribution < 1.29 is 14.3 Å². The van der Waals surface area contributed by atoms with Crippen molar-refractivity contribution in [1.82, 2.24) is 19.5 Å². The lowest BCUT2D eigenvalue weighted by Crippen LogP contribution is -2.38. The molecule has 3 heterocycles. The van der Waals surface area contributed by atoms with Gasteiger partial charge in [-0.25, -0.2) is 14.8 Å². The number of benzene rings is 1. The minimum atomic E-state index is -1.17. The smallest absolute Gasteiger partial charge is 0.408 e. The lowest BCUT2D eigenvalue weighted by molar-refractivity contribution is 0.121. The number of nitrogens with zero attached hydrogens (tertiary/aromatic N) is 6. The van der Waals surface area contributed by atoms with Crippen LogP contribution in [0.15, 0.2) is 24.3 Å². The number of primary amides is 1. The maximum Gasteiger partial charge on any atom is 0.408 e. The van der Waals surface area contributed by atoms with E-state index in [-0.39, 0.29) is 5.82 Å². The van der Waals surface area contributed by atoms with Gasteiger partial charge < -0.3 is 30.1 Å². The summed E-state index contributed by atoms with van der Waals surface area (Å²) in [6.07, 6.45) is 8.53. The molecular formula is C26H27ClN7O3-. The highest BCUT2D eigenvalue weighted by molar-refractivity contribution is 6.30. The second kappa shape index (κ2) is 10.7. The van der Waals surface area contributed by atoms with Gasteiger partial charge in [-0.05, 0) is 43.7 Å². The van der Waals surface area contributed by atoms with Gasteiger partial charge in [-0.3, -0.25) is 0 Å². The minimum Gasteiger partial charge on any atom is -0.767 e. The number of nitrogens with two attached hydrogens (primary N) is 1. The second-order valence-corrected chi connectivity index (χ2v) is 9.75. The summed E-state index contributed by atoms with van der Waals surface area (Å²) in [7, 11) is 0. The van der Waals surface area contributed by atoms with Crippen LogP contribution in [0.1, 0.15) is 31.5 Å². The Labute approximate surface area is 219 Å². The predicted octanol–water partition coefficient (Wildman–Crippen LogP) is 3.83. The van der Waals surface area contributed by atoms with Gasteiger partial charge in [0.05, 0.1) is 19.1 Å². The molecule has 2 N–H and O–H groups in total. The monoisotopic (exact) mass is 520 g/mol. The standard InChI is InChI=1S/C26H27ClN7O3/c1-2-16-6-8-17(9-7-16)15-34-21-20(18-4-3-5-19(27)14-18)30-24(22(28)37-25(29)35)31-23(21)32-26(34)33-10-12-36-13-11-33/h1,3-5,14,16-17H,6-13,15H2,(H2,29,35)/q-1. The van der Waals surface area contributed by atoms with Crippen molar-refractivity contribution in [1.29, 1.82) is 0 Å². The molecule has 1 aliphatic heterocycles. The molecule has 2 fully saturated rings. The van der Waals surface area contributed by atoms with Gasteiger partial charge in [-0.15, -0.1) is 12.3 Å². The van der Waals surface area contributed by atoms with E-state index in [0.29, 0.717) is 72.1 Å². The number of anilines is 1. The van der Waals surface area contributed by atoms with Gasteiger partial charge in [0.1, 0.15) is 11.2 Å². The van der Waals surface area contributed by atoms with Crippen LogP contribution >= 0.6 is 11.6 Å². The number of ether oxygens (including phenoxy) is 2. The third-order valence-electron chi connectivity index (χ3n) is 6.89. The van der Waals surface area contributed by atoms with E-state index in [4.69, 9.17) is 33.5 Å². The molecule has 2 aromatic heterocycles. The molecule has 10 nitrogen and oxygen atoms in total. The number of aromatic nitrogens is 4. The second-order valence-electron chi connectivity index (χ2n) is 9.31. The maximum atomic E-state index is 11.3. The number of carbonyl (C=O) groups is 1. The summed E-state index contributed by atoms with van der Waals surface area (Å²) < 4.78 is 12.4. The molecule has 3 aromatic rings. The molecule has 5 rings (SSSR count). The zero-order valence-electron chi connectivity index (χ0n) is 20.3. The molecule has 2 aliphatic rings. The van der Waals surface area contributed by atoms with Crippen molar-refractivity contribution in [2.24, 2.45) is 17.6 Å². The molecule has 1 aromatic carbocycles. The number of amides is 1. The summed E-state index contributed by atoms with van der Waals surface area (Å²) in [6, 6.07) is 7.24. The van der Waals surface area contributed by atoms with E-state index in [1.807, 2.05) is 12.1 Å². The summed E-state index contributed by atoms with van der Waals surface area (Å²) >= 11 is 6.32. The molecule has 11 heteroatoms. The van der Waals surface area contributed by atoms with E-state index in [2.05, 4.69) is 30.1 Å². The van der Waals surface area contributed by atoms with Gasteiger partial charge in [-0.2, -0.15) is 4.98 Å². The van der Waals surface area contributed by atoms with Gasteiger partial charge in [-0.1, -0.05) is 23.7 Å². The molecule has 192 valence electrons. The summed E-state index contributed by atoms with van der Waals surface area (Å²) in [5.41, 5.74) is 7.38. The van der Waals surface area contributed by atoms with Crippen molar-refractivity contribution in [2.75, 3.05) is 31.2 Å². The number of morpholine rings is 1. The quantitative estimate of drug-likeness (QED) is 0.307. The van der Waals surface area contributed by atoms with Crippen LogP contribution in [0.5, 0.6) is 0 Å². The fourth-order valence-electron chi connectivity index (χ4n) is 5.05. The Morgan fingerprint density at radius 1 is 1.22 bits per heavy atom. The third-order valence-corrected chi connectivity index (χ3v) is 7.12. The first kappa shape index (κ1) is 25.0. The summed E-state index contributed by atoms with van der Waals surface area (Å²) in [5.74, 6) is 3.39. The van der Waals surface area contributed by atoms with Gasteiger partial charge >= 0.3 is 6.09 Å². The van der Waals surface area contributed by atoms with Crippen molar-refractivity contribution >= 4 is 40.7 Å². The normalized spacial score (nSPS) is 19.9. The van der Waals surface area contributed by atoms with Crippen LogP contribution in [0, 0.1) is 24.2 Å². The fourth-order valence-corrected chi connectivity index (χ4v) is 5.24. The number of hydrogen-bond donors (Lipinski definition) is 1. The number of terminal acetylenes is 1. The Balaban J connectivity index is 1.67. The maximum absolute atomic E-state index is 11.3. The van der Waals surface area contributed by atoms with Gasteiger partial charge in [0.15, 0.2) is 11.5 Å². The van der Waals surface area contributed by atoms with Crippen LogP contribution < -0.4 is 10.6 Å². The SMILES string of the molecule is C#CC1CCC(Cn2c(N3CCOCC3)nc3nc(C(=[N-])OC(N)=O)nc(-c4cccc(Cl)c4)c32)CC1. The predicted molar refractivity (Wildman–Crippen MR) is 141 cm³/mol. The first-order valence-corrected chi connectivity index (χ1v) is 12.7. The number of hydrogen-bond acceptors (Lipinski definition) is 7. The first-order valence-electron chi connectivity index (χ1n) is 12.3. The Hall–Kier alpha value is -3.68. The van der Waals surface area contributed by atoms with Crippen molar-refractivity contribution in [2.45, 2.75) is 32.2 Å². The number of carbonyl (C=O) groups excluding carboxylic acids is 1. The van der Waals surface area contributed by atoms with Gasteiger partial charge in [0.25, 0.3) is 0 Å². The fraction of sp³-hybridized carbons (Fsp3) is 0.423. The van der Waals surface area contributed by atoms with E-state index in [9.17, 15) is 10.2 Å². The van der Waals surface area contributed by atoms with E-state index >= 15 is 0 Å². The molecule has 0 bridgehead atoms.